The summed E-state index contributed by atoms with van der Waals surface area (Å²) in [7, 11) is 0. The summed E-state index contributed by atoms with van der Waals surface area (Å²) < 4.78 is 0. The Hall–Kier alpha value is -2.73. The summed E-state index contributed by atoms with van der Waals surface area (Å²) in [5.74, 6) is 0.719. The second-order valence-corrected chi connectivity index (χ2v) is 6.48. The van der Waals surface area contributed by atoms with Gasteiger partial charge in [0.15, 0.2) is 5.65 Å². The summed E-state index contributed by atoms with van der Waals surface area (Å²) >= 11 is 0. The van der Waals surface area contributed by atoms with Gasteiger partial charge in [-0.2, -0.15) is 0 Å². The number of benzene rings is 1. The highest BCUT2D eigenvalue weighted by Gasteiger charge is 2.15. The number of rotatable bonds is 3. The fourth-order valence-electron chi connectivity index (χ4n) is 3.26. The van der Waals surface area contributed by atoms with Gasteiger partial charge in [0.1, 0.15) is 5.82 Å². The van der Waals surface area contributed by atoms with E-state index in [9.17, 15) is 4.79 Å². The number of nitrogens with one attached hydrogen (secondary N) is 2. The average Bonchev–Trinajstić information content (AvgIpc) is 3.06. The third-order valence-electron chi connectivity index (χ3n) is 4.62. The highest BCUT2D eigenvalue weighted by Crippen LogP contribution is 2.23. The zero-order chi connectivity index (χ0) is 17.2. The molecule has 1 aliphatic rings. The van der Waals surface area contributed by atoms with Crippen molar-refractivity contribution in [3.63, 3.8) is 0 Å². The Morgan fingerprint density at radius 1 is 1.20 bits per heavy atom. The summed E-state index contributed by atoms with van der Waals surface area (Å²) in [6, 6.07) is 9.54. The summed E-state index contributed by atoms with van der Waals surface area (Å²) in [4.78, 5) is 24.5. The summed E-state index contributed by atoms with van der Waals surface area (Å²) in [5.41, 5.74) is 7.26. The molecular weight excluding hydrogens is 314 g/mol. The lowest BCUT2D eigenvalue weighted by Crippen LogP contribution is -2.45. The Morgan fingerprint density at radius 2 is 2.04 bits per heavy atom. The fraction of sp³-hybridized carbons (Fsp3) is 0.316. The lowest BCUT2D eigenvalue weighted by Gasteiger charge is -2.26. The Balaban J connectivity index is 1.56. The second-order valence-electron chi connectivity index (χ2n) is 6.48. The standard InChI is InChI=1S/C19H21N5O/c1-13-12-14(19(25)23-24-10-3-2-4-11-24)7-8-15(13)17-21-16-6-5-9-20-18(16)22-17/h5-9,12H,2-4,10-11H2,1H3,(H,23,25)(H,20,21,22). The van der Waals surface area contributed by atoms with Gasteiger partial charge in [-0.05, 0) is 49.6 Å². The van der Waals surface area contributed by atoms with Gasteiger partial charge in [0.2, 0.25) is 0 Å². The van der Waals surface area contributed by atoms with Gasteiger partial charge < -0.3 is 4.98 Å². The van der Waals surface area contributed by atoms with Crippen molar-refractivity contribution in [2.45, 2.75) is 26.2 Å². The normalized spacial score (nSPS) is 15.4. The van der Waals surface area contributed by atoms with Crippen LogP contribution in [0, 0.1) is 6.92 Å². The van der Waals surface area contributed by atoms with Gasteiger partial charge in [-0.1, -0.05) is 12.5 Å². The van der Waals surface area contributed by atoms with Crippen molar-refractivity contribution in [1.82, 2.24) is 25.4 Å². The predicted molar refractivity (Wildman–Crippen MR) is 97.0 cm³/mol. The first kappa shape index (κ1) is 15.8. The molecule has 0 bridgehead atoms. The first-order chi connectivity index (χ1) is 12.2. The van der Waals surface area contributed by atoms with Crippen LogP contribution in [0.4, 0.5) is 0 Å². The van der Waals surface area contributed by atoms with E-state index in [2.05, 4.69) is 20.4 Å². The van der Waals surface area contributed by atoms with Crippen LogP contribution < -0.4 is 5.43 Å². The first-order valence-electron chi connectivity index (χ1n) is 8.68. The molecule has 25 heavy (non-hydrogen) atoms. The lowest BCUT2D eigenvalue weighted by molar-refractivity contribution is 0.0750. The predicted octanol–water partition coefficient (Wildman–Crippen LogP) is 3.06. The molecule has 0 saturated carbocycles. The van der Waals surface area contributed by atoms with Crippen LogP contribution in [-0.2, 0) is 0 Å². The van der Waals surface area contributed by atoms with E-state index >= 15 is 0 Å². The minimum absolute atomic E-state index is 0.0529. The molecular formula is C19H21N5O. The third-order valence-corrected chi connectivity index (χ3v) is 4.62. The second kappa shape index (κ2) is 6.64. The molecule has 0 radical (unpaired) electrons. The van der Waals surface area contributed by atoms with Gasteiger partial charge in [-0.3, -0.25) is 10.2 Å². The maximum absolute atomic E-state index is 12.5. The zero-order valence-electron chi connectivity index (χ0n) is 14.2. The number of fused-ring (bicyclic) bond motifs is 1. The number of aromatic amines is 1. The van der Waals surface area contributed by atoms with E-state index in [-0.39, 0.29) is 5.91 Å². The van der Waals surface area contributed by atoms with Gasteiger partial charge in [0, 0.05) is 30.4 Å². The van der Waals surface area contributed by atoms with Crippen molar-refractivity contribution in [1.29, 1.82) is 0 Å². The zero-order valence-corrected chi connectivity index (χ0v) is 14.2. The van der Waals surface area contributed by atoms with Crippen LogP contribution in [-0.4, -0.2) is 39.0 Å². The van der Waals surface area contributed by atoms with E-state index in [0.29, 0.717) is 11.2 Å². The molecule has 6 heteroatoms. The Bertz CT molecular complexity index is 878. The Labute approximate surface area is 146 Å². The molecule has 0 aliphatic carbocycles. The molecule has 2 N–H and O–H groups in total. The number of imidazole rings is 1. The topological polar surface area (TPSA) is 73.9 Å². The van der Waals surface area contributed by atoms with E-state index in [1.165, 1.54) is 6.42 Å². The summed E-state index contributed by atoms with van der Waals surface area (Å²) in [6.45, 7) is 3.84. The highest BCUT2D eigenvalue weighted by molar-refractivity contribution is 5.94. The molecule has 128 valence electrons. The minimum Gasteiger partial charge on any atom is -0.337 e. The molecule has 3 aromatic rings. The van der Waals surface area contributed by atoms with Crippen molar-refractivity contribution in [3.05, 3.63) is 47.7 Å². The highest BCUT2D eigenvalue weighted by atomic mass is 16.2. The monoisotopic (exact) mass is 335 g/mol. The largest absolute Gasteiger partial charge is 0.337 e. The first-order valence-corrected chi connectivity index (χ1v) is 8.68. The summed E-state index contributed by atoms with van der Waals surface area (Å²) in [5, 5.41) is 2.01. The van der Waals surface area contributed by atoms with Crippen LogP contribution in [0.5, 0.6) is 0 Å². The van der Waals surface area contributed by atoms with Crippen LogP contribution in [0.1, 0.15) is 35.2 Å². The van der Waals surface area contributed by atoms with Crippen molar-refractivity contribution >= 4 is 17.1 Å². The number of aromatic nitrogens is 3. The molecule has 4 rings (SSSR count). The number of hydrazine groups is 1. The third kappa shape index (κ3) is 3.25. The molecule has 0 atom stereocenters. The molecule has 0 unspecified atom stereocenters. The molecule has 1 amide bonds. The number of amides is 1. The molecule has 1 aliphatic heterocycles. The molecule has 1 fully saturated rings. The Morgan fingerprint density at radius 3 is 2.80 bits per heavy atom. The molecule has 3 heterocycles. The number of H-pyrrole nitrogens is 1. The van der Waals surface area contributed by atoms with E-state index < -0.39 is 0 Å². The maximum Gasteiger partial charge on any atom is 0.265 e. The van der Waals surface area contributed by atoms with Crippen molar-refractivity contribution in [2.75, 3.05) is 13.1 Å². The number of hydrogen-bond donors (Lipinski definition) is 2. The van der Waals surface area contributed by atoms with Gasteiger partial charge in [0.05, 0.1) is 5.52 Å². The number of piperidine rings is 1. The van der Waals surface area contributed by atoms with Gasteiger partial charge in [-0.15, -0.1) is 0 Å². The SMILES string of the molecule is Cc1cc(C(=O)NN2CCCCC2)ccc1-c1nc2ncccc2[nH]1. The van der Waals surface area contributed by atoms with Crippen LogP contribution in [0.3, 0.4) is 0 Å². The van der Waals surface area contributed by atoms with Crippen LogP contribution in [0.2, 0.25) is 0 Å². The number of aryl methyl sites for hydroxylation is 1. The quantitative estimate of drug-likeness (QED) is 0.771. The van der Waals surface area contributed by atoms with Crippen LogP contribution in [0.15, 0.2) is 36.5 Å². The van der Waals surface area contributed by atoms with Crippen LogP contribution >= 0.6 is 0 Å². The molecule has 1 aromatic carbocycles. The number of carbonyl (C=O) groups is 1. The number of carbonyl (C=O) groups excluding carboxylic acids is 1. The average molecular weight is 335 g/mol. The van der Waals surface area contributed by atoms with E-state index in [1.807, 2.05) is 42.3 Å². The molecule has 2 aromatic heterocycles. The van der Waals surface area contributed by atoms with Crippen LogP contribution in [0.25, 0.3) is 22.6 Å². The number of pyridine rings is 1. The molecule has 1 saturated heterocycles. The van der Waals surface area contributed by atoms with E-state index in [4.69, 9.17) is 0 Å². The van der Waals surface area contributed by atoms with Gasteiger partial charge in [0.25, 0.3) is 5.91 Å². The van der Waals surface area contributed by atoms with Gasteiger partial charge in [-0.25, -0.2) is 15.0 Å². The minimum atomic E-state index is -0.0529. The van der Waals surface area contributed by atoms with E-state index in [1.54, 1.807) is 6.20 Å². The van der Waals surface area contributed by atoms with Crippen molar-refractivity contribution < 1.29 is 4.79 Å². The fourth-order valence-corrected chi connectivity index (χ4v) is 3.26. The van der Waals surface area contributed by atoms with Crippen molar-refractivity contribution in [2.24, 2.45) is 0 Å². The maximum atomic E-state index is 12.5. The van der Waals surface area contributed by atoms with E-state index in [0.717, 1.165) is 48.4 Å². The van der Waals surface area contributed by atoms with Crippen molar-refractivity contribution in [3.8, 4) is 11.4 Å². The number of hydrogen-bond acceptors (Lipinski definition) is 4. The molecule has 0 spiro atoms. The lowest BCUT2D eigenvalue weighted by atomic mass is 10.0. The summed E-state index contributed by atoms with van der Waals surface area (Å²) in [6.07, 6.45) is 5.25. The van der Waals surface area contributed by atoms with Gasteiger partial charge >= 0.3 is 0 Å². The number of nitrogens with zero attached hydrogens (tertiary/aromatic N) is 3. The molecule has 6 nitrogen and oxygen atoms in total. The smallest absolute Gasteiger partial charge is 0.265 e. The Kier molecular flexibility index (Phi) is 4.19.